The Hall–Kier alpha value is 0.960. The minimum Gasteiger partial charge on any atom is -0.120 e. The van der Waals surface area contributed by atoms with Crippen molar-refractivity contribution < 1.29 is 0 Å². The highest BCUT2D eigenvalue weighted by atomic mass is 35.5. The van der Waals surface area contributed by atoms with Crippen LogP contribution in [0.2, 0.25) is 0 Å². The summed E-state index contributed by atoms with van der Waals surface area (Å²) in [7, 11) is 0. The monoisotopic (exact) mass is 364 g/mol. The lowest BCUT2D eigenvalue weighted by Crippen LogP contribution is -2.58. The van der Waals surface area contributed by atoms with Gasteiger partial charge in [0.1, 0.15) is 4.87 Å². The molecule has 0 nitrogen and oxygen atoms in total. The molecule has 0 N–H and O–H groups in total. The zero-order valence-corrected chi connectivity index (χ0v) is 13.6. The van der Waals surface area contributed by atoms with Crippen molar-refractivity contribution in [3.05, 3.63) is 35.9 Å². The van der Waals surface area contributed by atoms with Gasteiger partial charge in [-0.25, -0.2) is 0 Å². The van der Waals surface area contributed by atoms with E-state index < -0.39 is 31.8 Å². The third-order valence-corrected chi connectivity index (χ3v) is 7.44. The summed E-state index contributed by atoms with van der Waals surface area (Å²) in [6.45, 7) is 0. The average molecular weight is 367 g/mol. The fourth-order valence-corrected chi connectivity index (χ4v) is 4.78. The van der Waals surface area contributed by atoms with Crippen LogP contribution in [0.4, 0.5) is 0 Å². The van der Waals surface area contributed by atoms with Gasteiger partial charge in [0.2, 0.25) is 0 Å². The molecular weight excluding hydrogens is 357 g/mol. The lowest BCUT2D eigenvalue weighted by atomic mass is 9.81. The van der Waals surface area contributed by atoms with Crippen LogP contribution in [-0.4, -0.2) is 26.9 Å². The van der Waals surface area contributed by atoms with Crippen LogP contribution in [0.3, 0.4) is 0 Å². The van der Waals surface area contributed by atoms with Gasteiger partial charge in [-0.05, 0) is 5.56 Å². The summed E-state index contributed by atoms with van der Waals surface area (Å²) < 4.78 is 0. The Morgan fingerprint density at radius 2 is 1.17 bits per heavy atom. The van der Waals surface area contributed by atoms with E-state index in [1.54, 1.807) is 0 Å². The number of hydrogen-bond donors (Lipinski definition) is 0. The molecule has 0 bridgehead atoms. The summed E-state index contributed by atoms with van der Waals surface area (Å²) >= 11 is 38.0. The van der Waals surface area contributed by atoms with Crippen LogP contribution < -0.4 is 0 Å². The van der Waals surface area contributed by atoms with Crippen LogP contribution in [0.15, 0.2) is 30.3 Å². The van der Waals surface area contributed by atoms with Crippen LogP contribution in [-0.2, 0) is 4.87 Å². The summed E-state index contributed by atoms with van der Waals surface area (Å²) in [5.41, 5.74) is 0.798. The van der Waals surface area contributed by atoms with Crippen LogP contribution in [0.5, 0.6) is 0 Å². The van der Waals surface area contributed by atoms with E-state index in [4.69, 9.17) is 69.6 Å². The Kier molecular flexibility index (Phi) is 4.91. The third-order valence-electron chi connectivity index (χ3n) is 3.19. The van der Waals surface area contributed by atoms with E-state index in [0.717, 1.165) is 5.56 Å². The van der Waals surface area contributed by atoms with Gasteiger partial charge in [0, 0.05) is 0 Å². The Morgan fingerprint density at radius 3 is 1.61 bits per heavy atom. The zero-order valence-electron chi connectivity index (χ0n) is 9.04. The molecule has 0 aliphatic heterocycles. The van der Waals surface area contributed by atoms with Crippen LogP contribution in [0, 0.1) is 0 Å². The summed E-state index contributed by atoms with van der Waals surface area (Å²) in [5, 5.41) is -2.84. The van der Waals surface area contributed by atoms with Crippen molar-refractivity contribution >= 4 is 69.6 Å². The second kappa shape index (κ2) is 5.76. The van der Waals surface area contributed by atoms with E-state index in [1.807, 2.05) is 30.3 Å². The van der Waals surface area contributed by atoms with Gasteiger partial charge in [0.25, 0.3) is 0 Å². The van der Waals surface area contributed by atoms with Gasteiger partial charge >= 0.3 is 0 Å². The topological polar surface area (TPSA) is 0 Å². The largest absolute Gasteiger partial charge is 0.120 e. The van der Waals surface area contributed by atoms with Crippen molar-refractivity contribution in [3.8, 4) is 0 Å². The maximum atomic E-state index is 6.67. The van der Waals surface area contributed by atoms with E-state index in [1.165, 1.54) is 0 Å². The second-order valence-electron chi connectivity index (χ2n) is 4.27. The maximum Gasteiger partial charge on any atom is 0.105 e. The minimum absolute atomic E-state index is 0.520. The van der Waals surface area contributed by atoms with Crippen LogP contribution in [0.1, 0.15) is 5.56 Å². The third kappa shape index (κ3) is 2.34. The molecule has 1 aromatic carbocycles. The normalized spacial score (nSPS) is 44.9. The Morgan fingerprint density at radius 1 is 0.722 bits per heavy atom. The first-order valence-electron chi connectivity index (χ1n) is 5.35. The molecule has 4 unspecified atom stereocenters. The first-order chi connectivity index (χ1) is 8.40. The second-order valence-corrected chi connectivity index (χ2v) is 7.35. The number of rotatable bonds is 1. The first kappa shape index (κ1) is 15.4. The van der Waals surface area contributed by atoms with E-state index in [0.29, 0.717) is 0 Å². The fraction of sp³-hybridized carbons (Fsp3) is 0.500. The van der Waals surface area contributed by atoms with Crippen molar-refractivity contribution in [3.63, 3.8) is 0 Å². The molecule has 1 aliphatic carbocycles. The molecule has 6 heteroatoms. The highest BCUT2D eigenvalue weighted by Crippen LogP contribution is 2.52. The molecule has 1 aromatic rings. The number of hydrogen-bond acceptors (Lipinski definition) is 0. The molecule has 2 rings (SSSR count). The molecule has 1 fully saturated rings. The van der Waals surface area contributed by atoms with Gasteiger partial charge in [-0.15, -0.1) is 69.6 Å². The van der Waals surface area contributed by atoms with Crippen molar-refractivity contribution in [1.82, 2.24) is 0 Å². The Balaban J connectivity index is 2.47. The summed E-state index contributed by atoms with van der Waals surface area (Å²) in [4.78, 5) is -1.03. The predicted molar refractivity (Wildman–Crippen MR) is 82.2 cm³/mol. The number of alkyl halides is 6. The molecule has 0 spiro atoms. The van der Waals surface area contributed by atoms with Crippen molar-refractivity contribution in [2.24, 2.45) is 0 Å². The Labute approximate surface area is 136 Å². The highest BCUT2D eigenvalue weighted by Gasteiger charge is 2.57. The molecule has 100 valence electrons. The maximum absolute atomic E-state index is 6.67. The van der Waals surface area contributed by atoms with E-state index in [2.05, 4.69) is 0 Å². The summed E-state index contributed by atoms with van der Waals surface area (Å²) in [6.07, 6.45) is 0. The molecule has 0 aromatic heterocycles. The minimum atomic E-state index is -1.03. The number of halogens is 6. The molecule has 0 saturated heterocycles. The zero-order chi connectivity index (χ0) is 13.5. The van der Waals surface area contributed by atoms with E-state index >= 15 is 0 Å². The van der Waals surface area contributed by atoms with Crippen LogP contribution in [0.25, 0.3) is 0 Å². The number of benzene rings is 1. The predicted octanol–water partition coefficient (Wildman–Crippen LogP) is 5.17. The summed E-state index contributed by atoms with van der Waals surface area (Å²) in [6, 6.07) is 9.34. The van der Waals surface area contributed by atoms with Crippen molar-refractivity contribution in [2.45, 2.75) is 31.8 Å². The standard InChI is InChI=1S/C12H10Cl6/c13-7-8(14)10(16)12(18,11(17)9(7)15)6-4-2-1-3-5-6/h1-5,7-11H. The summed E-state index contributed by atoms with van der Waals surface area (Å²) in [5.74, 6) is 0. The van der Waals surface area contributed by atoms with Gasteiger partial charge in [-0.1, -0.05) is 30.3 Å². The Bertz CT molecular complexity index is 392. The van der Waals surface area contributed by atoms with Gasteiger partial charge < -0.3 is 0 Å². The lowest BCUT2D eigenvalue weighted by molar-refractivity contribution is 0.429. The molecule has 18 heavy (non-hydrogen) atoms. The van der Waals surface area contributed by atoms with Gasteiger partial charge in [0.05, 0.1) is 26.9 Å². The van der Waals surface area contributed by atoms with E-state index in [-0.39, 0.29) is 0 Å². The fourth-order valence-electron chi connectivity index (χ4n) is 2.13. The first-order valence-corrected chi connectivity index (χ1v) is 7.91. The molecule has 1 saturated carbocycles. The van der Waals surface area contributed by atoms with E-state index in [9.17, 15) is 0 Å². The van der Waals surface area contributed by atoms with Gasteiger partial charge in [-0.3, -0.25) is 0 Å². The molecule has 0 radical (unpaired) electrons. The van der Waals surface area contributed by atoms with Crippen molar-refractivity contribution in [2.75, 3.05) is 0 Å². The molecule has 0 amide bonds. The van der Waals surface area contributed by atoms with Gasteiger partial charge in [-0.2, -0.15) is 0 Å². The smallest absolute Gasteiger partial charge is 0.105 e. The molecule has 1 aliphatic rings. The molecule has 0 heterocycles. The van der Waals surface area contributed by atoms with Crippen molar-refractivity contribution in [1.29, 1.82) is 0 Å². The van der Waals surface area contributed by atoms with Gasteiger partial charge in [0.15, 0.2) is 0 Å². The quantitative estimate of drug-likeness (QED) is 0.601. The SMILES string of the molecule is ClC1C(Cl)C(Cl)C(Cl)(c2ccccc2)C(Cl)C1Cl. The lowest BCUT2D eigenvalue weighted by Gasteiger charge is -2.47. The average Bonchev–Trinajstić information content (AvgIpc) is 2.42. The highest BCUT2D eigenvalue weighted by molar-refractivity contribution is 6.46. The molecular formula is C12H10Cl6. The molecule has 4 atom stereocenters. The van der Waals surface area contributed by atoms with Crippen LogP contribution >= 0.6 is 69.6 Å².